The van der Waals surface area contributed by atoms with E-state index < -0.39 is 0 Å². The number of nitrogens with one attached hydrogen (secondary N) is 1. The lowest BCUT2D eigenvalue weighted by Crippen LogP contribution is -2.06. The minimum absolute atomic E-state index is 0.0306. The van der Waals surface area contributed by atoms with Crippen LogP contribution < -0.4 is 10.5 Å². The third kappa shape index (κ3) is 2.04. The van der Waals surface area contributed by atoms with Gasteiger partial charge in [-0.05, 0) is 44.5 Å². The van der Waals surface area contributed by atoms with Gasteiger partial charge in [-0.25, -0.2) is 0 Å². The number of benzene rings is 1. The normalized spacial score (nSPS) is 13.3. The third-order valence-electron chi connectivity index (χ3n) is 2.55. The summed E-state index contributed by atoms with van der Waals surface area (Å²) in [6, 6.07) is 6.08. The number of hydrogen-bond acceptors (Lipinski definition) is 2. The first kappa shape index (κ1) is 11.0. The van der Waals surface area contributed by atoms with E-state index in [-0.39, 0.29) is 12.1 Å². The predicted molar refractivity (Wildman–Crippen MR) is 66.7 cm³/mol. The molecule has 0 unspecified atom stereocenters. The highest BCUT2D eigenvalue weighted by molar-refractivity contribution is 5.85. The maximum Gasteiger partial charge on any atom is 0.120 e. The van der Waals surface area contributed by atoms with Gasteiger partial charge in [0.05, 0.1) is 6.10 Å². The van der Waals surface area contributed by atoms with Crippen molar-refractivity contribution >= 4 is 10.9 Å². The summed E-state index contributed by atoms with van der Waals surface area (Å²) >= 11 is 0. The van der Waals surface area contributed by atoms with Crippen molar-refractivity contribution in [3.63, 3.8) is 0 Å². The Kier molecular flexibility index (Phi) is 2.88. The lowest BCUT2D eigenvalue weighted by atomic mass is 10.1. The summed E-state index contributed by atoms with van der Waals surface area (Å²) in [5, 5.41) is 1.15. The maximum atomic E-state index is 5.91. The van der Waals surface area contributed by atoms with Crippen molar-refractivity contribution in [2.24, 2.45) is 5.73 Å². The zero-order chi connectivity index (χ0) is 11.7. The second kappa shape index (κ2) is 4.18. The molecule has 0 aliphatic rings. The first-order chi connectivity index (χ1) is 7.58. The van der Waals surface area contributed by atoms with Crippen LogP contribution in [0.3, 0.4) is 0 Å². The Hall–Kier alpha value is -1.48. The average molecular weight is 218 g/mol. The van der Waals surface area contributed by atoms with Crippen LogP contribution in [0.15, 0.2) is 24.4 Å². The largest absolute Gasteiger partial charge is 0.491 e. The van der Waals surface area contributed by atoms with Crippen molar-refractivity contribution in [2.45, 2.75) is 32.9 Å². The molecule has 2 rings (SSSR count). The number of aromatic amines is 1. The van der Waals surface area contributed by atoms with E-state index in [0.717, 1.165) is 22.2 Å². The molecule has 0 aliphatic carbocycles. The quantitative estimate of drug-likeness (QED) is 0.832. The molecule has 3 N–H and O–H groups in total. The van der Waals surface area contributed by atoms with Crippen molar-refractivity contribution in [3.8, 4) is 5.75 Å². The van der Waals surface area contributed by atoms with Crippen LogP contribution in [0.2, 0.25) is 0 Å². The molecule has 0 amide bonds. The highest BCUT2D eigenvalue weighted by Crippen LogP contribution is 2.27. The molecule has 0 saturated heterocycles. The van der Waals surface area contributed by atoms with E-state index in [9.17, 15) is 0 Å². The first-order valence-corrected chi connectivity index (χ1v) is 5.61. The predicted octanol–water partition coefficient (Wildman–Crippen LogP) is 2.97. The van der Waals surface area contributed by atoms with Crippen molar-refractivity contribution < 1.29 is 4.74 Å². The van der Waals surface area contributed by atoms with Gasteiger partial charge in [0, 0.05) is 23.1 Å². The van der Waals surface area contributed by atoms with Gasteiger partial charge in [0.2, 0.25) is 0 Å². The number of hydrogen-bond donors (Lipinski definition) is 2. The number of aromatic nitrogens is 1. The van der Waals surface area contributed by atoms with Gasteiger partial charge in [-0.2, -0.15) is 0 Å². The molecule has 1 atom stereocenters. The Bertz CT molecular complexity index is 486. The number of H-pyrrole nitrogens is 1. The van der Waals surface area contributed by atoms with Crippen LogP contribution in [-0.2, 0) is 0 Å². The van der Waals surface area contributed by atoms with Crippen LogP contribution in [0.1, 0.15) is 32.4 Å². The molecule has 86 valence electrons. The lowest BCUT2D eigenvalue weighted by molar-refractivity contribution is 0.243. The number of ether oxygens (including phenoxy) is 1. The maximum absolute atomic E-state index is 5.91. The van der Waals surface area contributed by atoms with Gasteiger partial charge >= 0.3 is 0 Å². The van der Waals surface area contributed by atoms with Crippen molar-refractivity contribution in [1.29, 1.82) is 0 Å². The minimum atomic E-state index is 0.0306. The Morgan fingerprint density at radius 3 is 2.62 bits per heavy atom. The molecule has 0 saturated carbocycles. The Labute approximate surface area is 95.6 Å². The molecule has 0 bridgehead atoms. The van der Waals surface area contributed by atoms with Gasteiger partial charge in [-0.15, -0.1) is 0 Å². The van der Waals surface area contributed by atoms with E-state index in [0.29, 0.717) is 0 Å². The monoisotopic (exact) mass is 218 g/mol. The second-order valence-electron chi connectivity index (χ2n) is 4.41. The van der Waals surface area contributed by atoms with E-state index in [2.05, 4.69) is 4.98 Å². The number of nitrogens with two attached hydrogens (primary N) is 1. The Morgan fingerprint density at radius 1 is 1.25 bits per heavy atom. The van der Waals surface area contributed by atoms with E-state index in [4.69, 9.17) is 10.5 Å². The van der Waals surface area contributed by atoms with Gasteiger partial charge in [0.15, 0.2) is 0 Å². The molecule has 0 fully saturated rings. The van der Waals surface area contributed by atoms with Crippen molar-refractivity contribution in [1.82, 2.24) is 4.98 Å². The highest BCUT2D eigenvalue weighted by atomic mass is 16.5. The van der Waals surface area contributed by atoms with Crippen LogP contribution >= 0.6 is 0 Å². The van der Waals surface area contributed by atoms with Crippen LogP contribution in [0.4, 0.5) is 0 Å². The lowest BCUT2D eigenvalue weighted by Gasteiger charge is -2.10. The molecular formula is C13H18N2O. The Balaban J connectivity index is 2.46. The van der Waals surface area contributed by atoms with E-state index in [1.54, 1.807) is 0 Å². The van der Waals surface area contributed by atoms with Gasteiger partial charge in [-0.3, -0.25) is 0 Å². The zero-order valence-electron chi connectivity index (χ0n) is 9.95. The summed E-state index contributed by atoms with van der Waals surface area (Å²) < 4.78 is 5.67. The third-order valence-corrected chi connectivity index (χ3v) is 2.55. The fourth-order valence-corrected chi connectivity index (χ4v) is 1.84. The molecule has 1 aromatic carbocycles. The molecule has 1 aromatic heterocycles. The van der Waals surface area contributed by atoms with Crippen molar-refractivity contribution in [3.05, 3.63) is 30.0 Å². The van der Waals surface area contributed by atoms with Crippen LogP contribution in [0, 0.1) is 0 Å². The number of rotatable bonds is 3. The molecule has 3 nitrogen and oxygen atoms in total. The Morgan fingerprint density at radius 2 is 2.00 bits per heavy atom. The van der Waals surface area contributed by atoms with Gasteiger partial charge < -0.3 is 15.5 Å². The fraction of sp³-hybridized carbons (Fsp3) is 0.385. The smallest absolute Gasteiger partial charge is 0.120 e. The first-order valence-electron chi connectivity index (χ1n) is 5.61. The average Bonchev–Trinajstić information content (AvgIpc) is 2.59. The van der Waals surface area contributed by atoms with Crippen molar-refractivity contribution in [2.75, 3.05) is 0 Å². The molecule has 16 heavy (non-hydrogen) atoms. The standard InChI is InChI=1S/C13H18N2O/c1-8(2)16-10-4-5-13-11(6-10)12(7-15-13)9(3)14/h4-9,15H,14H2,1-3H3/t9-/m1/s1. The molecular weight excluding hydrogens is 200 g/mol. The van der Waals surface area contributed by atoms with E-state index in [1.807, 2.05) is 45.2 Å². The summed E-state index contributed by atoms with van der Waals surface area (Å²) in [4.78, 5) is 3.21. The SMILES string of the molecule is CC(C)Oc1ccc2[nH]cc([C@@H](C)N)c2c1. The molecule has 3 heteroatoms. The zero-order valence-corrected chi connectivity index (χ0v) is 9.95. The molecule has 2 aromatic rings. The summed E-state index contributed by atoms with van der Waals surface area (Å²) in [7, 11) is 0. The van der Waals surface area contributed by atoms with Crippen LogP contribution in [0.25, 0.3) is 10.9 Å². The fourth-order valence-electron chi connectivity index (χ4n) is 1.84. The second-order valence-corrected chi connectivity index (χ2v) is 4.41. The summed E-state index contributed by atoms with van der Waals surface area (Å²) in [5.41, 5.74) is 8.14. The molecule has 0 radical (unpaired) electrons. The summed E-state index contributed by atoms with van der Waals surface area (Å²) in [5.74, 6) is 0.893. The van der Waals surface area contributed by atoms with Crippen LogP contribution in [0.5, 0.6) is 5.75 Å². The molecule has 0 spiro atoms. The highest BCUT2D eigenvalue weighted by Gasteiger charge is 2.08. The summed E-state index contributed by atoms with van der Waals surface area (Å²) in [6.45, 7) is 6.03. The summed E-state index contributed by atoms with van der Waals surface area (Å²) in [6.07, 6.45) is 2.16. The van der Waals surface area contributed by atoms with Gasteiger partial charge in [0.1, 0.15) is 5.75 Å². The topological polar surface area (TPSA) is 51.0 Å². The molecule has 0 aliphatic heterocycles. The van der Waals surface area contributed by atoms with E-state index in [1.165, 1.54) is 0 Å². The number of fused-ring (bicyclic) bond motifs is 1. The van der Waals surface area contributed by atoms with Gasteiger partial charge in [0.25, 0.3) is 0 Å². The van der Waals surface area contributed by atoms with E-state index >= 15 is 0 Å². The van der Waals surface area contributed by atoms with Crippen LogP contribution in [-0.4, -0.2) is 11.1 Å². The van der Waals surface area contributed by atoms with Gasteiger partial charge in [-0.1, -0.05) is 0 Å². The molecule has 1 heterocycles. The minimum Gasteiger partial charge on any atom is -0.491 e.